The quantitative estimate of drug-likeness (QED) is 0.854. The van der Waals surface area contributed by atoms with Gasteiger partial charge in [0.05, 0.1) is 22.6 Å². The summed E-state index contributed by atoms with van der Waals surface area (Å²) >= 11 is 13.1. The Labute approximate surface area is 155 Å². The Bertz CT molecular complexity index is 693. The molecule has 0 spiro atoms. The Kier molecular flexibility index (Phi) is 6.14. The van der Waals surface area contributed by atoms with E-state index in [2.05, 4.69) is 22.3 Å². The number of carbonyl (C=O) groups excluding carboxylic acids is 1. The summed E-state index contributed by atoms with van der Waals surface area (Å²) in [6.07, 6.45) is -0.0284. The zero-order valence-corrected chi connectivity index (χ0v) is 15.3. The van der Waals surface area contributed by atoms with E-state index in [1.807, 2.05) is 18.2 Å². The van der Waals surface area contributed by atoms with Crippen LogP contribution in [0.3, 0.4) is 0 Å². The second-order valence-corrected chi connectivity index (χ2v) is 7.95. The summed E-state index contributed by atoms with van der Waals surface area (Å²) in [5, 5.41) is 2.88. The van der Waals surface area contributed by atoms with Gasteiger partial charge in [0.2, 0.25) is 0 Å². The van der Waals surface area contributed by atoms with Crippen molar-refractivity contribution in [1.29, 1.82) is 0 Å². The van der Waals surface area contributed by atoms with E-state index in [0.717, 1.165) is 19.6 Å². The molecule has 24 heavy (non-hydrogen) atoms. The van der Waals surface area contributed by atoms with Crippen LogP contribution < -0.4 is 5.32 Å². The number of nitrogens with zero attached hydrogens (tertiary/aromatic N) is 1. The van der Waals surface area contributed by atoms with Crippen molar-refractivity contribution < 1.29 is 9.53 Å². The SMILES string of the molecule is O=C(NCC1CN(Cc2ccccc2)CCO1)c1cc(Cl)sc1Cl. The highest BCUT2D eigenvalue weighted by Gasteiger charge is 2.22. The fourth-order valence-electron chi connectivity index (χ4n) is 2.69. The van der Waals surface area contributed by atoms with Crippen molar-refractivity contribution in [1.82, 2.24) is 10.2 Å². The number of rotatable bonds is 5. The topological polar surface area (TPSA) is 41.6 Å². The van der Waals surface area contributed by atoms with Crippen LogP contribution in [0.1, 0.15) is 15.9 Å². The number of nitrogens with one attached hydrogen (secondary N) is 1. The molecule has 7 heteroatoms. The number of benzene rings is 1. The molecule has 1 N–H and O–H groups in total. The van der Waals surface area contributed by atoms with E-state index in [-0.39, 0.29) is 12.0 Å². The van der Waals surface area contributed by atoms with E-state index in [0.29, 0.717) is 27.4 Å². The smallest absolute Gasteiger partial charge is 0.253 e. The van der Waals surface area contributed by atoms with Crippen molar-refractivity contribution in [3.8, 4) is 0 Å². The van der Waals surface area contributed by atoms with Crippen molar-refractivity contribution in [3.05, 3.63) is 56.2 Å². The molecule has 1 saturated heterocycles. The number of hydrogen-bond acceptors (Lipinski definition) is 4. The minimum absolute atomic E-state index is 0.0284. The predicted molar refractivity (Wildman–Crippen MR) is 98.1 cm³/mol. The monoisotopic (exact) mass is 384 g/mol. The largest absolute Gasteiger partial charge is 0.374 e. The average Bonchev–Trinajstić information content (AvgIpc) is 2.92. The zero-order chi connectivity index (χ0) is 16.9. The summed E-state index contributed by atoms with van der Waals surface area (Å²) in [5.74, 6) is -0.216. The summed E-state index contributed by atoms with van der Waals surface area (Å²) in [6.45, 7) is 3.69. The Balaban J connectivity index is 1.50. The third-order valence-corrected chi connectivity index (χ3v) is 5.35. The predicted octanol–water partition coefficient (Wildman–Crippen LogP) is 3.69. The molecule has 0 aliphatic carbocycles. The summed E-state index contributed by atoms with van der Waals surface area (Å²) < 4.78 is 6.67. The van der Waals surface area contributed by atoms with Crippen molar-refractivity contribution in [2.45, 2.75) is 12.6 Å². The molecule has 1 atom stereocenters. The standard InChI is InChI=1S/C17H18Cl2N2O2S/c18-15-8-14(16(19)24-15)17(22)20-9-13-11-21(6-7-23-13)10-12-4-2-1-3-5-12/h1-5,8,13H,6-7,9-11H2,(H,20,22). The summed E-state index contributed by atoms with van der Waals surface area (Å²) in [4.78, 5) is 14.5. The van der Waals surface area contributed by atoms with Gasteiger partial charge in [0, 0.05) is 26.2 Å². The van der Waals surface area contributed by atoms with E-state index < -0.39 is 0 Å². The summed E-state index contributed by atoms with van der Waals surface area (Å²) in [7, 11) is 0. The molecule has 128 valence electrons. The summed E-state index contributed by atoms with van der Waals surface area (Å²) in [6, 6.07) is 11.9. The number of halogens is 2. The van der Waals surface area contributed by atoms with Gasteiger partial charge >= 0.3 is 0 Å². The minimum Gasteiger partial charge on any atom is -0.374 e. The molecule has 0 saturated carbocycles. The summed E-state index contributed by atoms with van der Waals surface area (Å²) in [5.41, 5.74) is 1.70. The maximum absolute atomic E-state index is 12.2. The van der Waals surface area contributed by atoms with Crippen molar-refractivity contribution in [2.75, 3.05) is 26.2 Å². The first kappa shape index (κ1) is 17.7. The molecule has 1 fully saturated rings. The minimum atomic E-state index is -0.216. The van der Waals surface area contributed by atoms with Gasteiger partial charge in [-0.25, -0.2) is 0 Å². The van der Waals surface area contributed by atoms with Gasteiger partial charge in [-0.05, 0) is 11.6 Å². The lowest BCUT2D eigenvalue weighted by Gasteiger charge is -2.33. The first-order valence-corrected chi connectivity index (χ1v) is 9.30. The highest BCUT2D eigenvalue weighted by molar-refractivity contribution is 7.20. The number of carbonyl (C=O) groups is 1. The van der Waals surface area contributed by atoms with E-state index in [1.165, 1.54) is 16.9 Å². The molecule has 1 aromatic heterocycles. The third-order valence-electron chi connectivity index (χ3n) is 3.86. The molecule has 1 aliphatic heterocycles. The first-order chi connectivity index (χ1) is 11.6. The number of amides is 1. The number of thiophene rings is 1. The molecule has 4 nitrogen and oxygen atoms in total. The first-order valence-electron chi connectivity index (χ1n) is 7.73. The van der Waals surface area contributed by atoms with Gasteiger partial charge in [0.25, 0.3) is 5.91 Å². The van der Waals surface area contributed by atoms with Crippen LogP contribution in [0.4, 0.5) is 0 Å². The molecular formula is C17H18Cl2N2O2S. The maximum Gasteiger partial charge on any atom is 0.253 e. The van der Waals surface area contributed by atoms with E-state index in [1.54, 1.807) is 6.07 Å². The van der Waals surface area contributed by atoms with Crippen LogP contribution >= 0.6 is 34.5 Å². The molecule has 2 heterocycles. The molecule has 1 amide bonds. The lowest BCUT2D eigenvalue weighted by atomic mass is 10.2. The Morgan fingerprint density at radius 1 is 1.33 bits per heavy atom. The molecular weight excluding hydrogens is 367 g/mol. The van der Waals surface area contributed by atoms with Crippen LogP contribution in [-0.2, 0) is 11.3 Å². The van der Waals surface area contributed by atoms with Crippen molar-refractivity contribution in [3.63, 3.8) is 0 Å². The van der Waals surface area contributed by atoms with Crippen LogP contribution in [0.15, 0.2) is 36.4 Å². The van der Waals surface area contributed by atoms with E-state index in [9.17, 15) is 4.79 Å². The Morgan fingerprint density at radius 2 is 2.12 bits per heavy atom. The fraction of sp³-hybridized carbons (Fsp3) is 0.353. The Hall–Kier alpha value is -1.11. The lowest BCUT2D eigenvalue weighted by molar-refractivity contribution is -0.0292. The third kappa shape index (κ3) is 4.71. The van der Waals surface area contributed by atoms with E-state index >= 15 is 0 Å². The maximum atomic E-state index is 12.2. The number of hydrogen-bond donors (Lipinski definition) is 1. The Morgan fingerprint density at radius 3 is 2.83 bits per heavy atom. The van der Waals surface area contributed by atoms with Crippen LogP contribution in [0.25, 0.3) is 0 Å². The average molecular weight is 385 g/mol. The van der Waals surface area contributed by atoms with Crippen molar-refractivity contribution in [2.24, 2.45) is 0 Å². The molecule has 3 rings (SSSR count). The second kappa shape index (κ2) is 8.32. The highest BCUT2D eigenvalue weighted by atomic mass is 35.5. The molecule has 2 aromatic rings. The molecule has 1 aliphatic rings. The van der Waals surface area contributed by atoms with Crippen LogP contribution in [0, 0.1) is 0 Å². The molecule has 1 aromatic carbocycles. The fourth-order valence-corrected chi connectivity index (χ4v) is 4.14. The number of morpholine rings is 1. The number of ether oxygens (including phenoxy) is 1. The van der Waals surface area contributed by atoms with Gasteiger partial charge < -0.3 is 10.1 Å². The molecule has 1 unspecified atom stereocenters. The van der Waals surface area contributed by atoms with Crippen molar-refractivity contribution >= 4 is 40.4 Å². The van der Waals surface area contributed by atoms with Crippen LogP contribution in [0.5, 0.6) is 0 Å². The van der Waals surface area contributed by atoms with Crippen LogP contribution in [0.2, 0.25) is 8.67 Å². The zero-order valence-electron chi connectivity index (χ0n) is 13.0. The normalized spacial score (nSPS) is 18.5. The molecule has 0 bridgehead atoms. The van der Waals surface area contributed by atoms with Gasteiger partial charge in [0.1, 0.15) is 4.34 Å². The molecule has 0 radical (unpaired) electrons. The van der Waals surface area contributed by atoms with Gasteiger partial charge in [-0.1, -0.05) is 53.5 Å². The highest BCUT2D eigenvalue weighted by Crippen LogP contribution is 2.30. The van der Waals surface area contributed by atoms with Gasteiger partial charge in [0.15, 0.2) is 0 Å². The van der Waals surface area contributed by atoms with Crippen LogP contribution in [-0.4, -0.2) is 43.2 Å². The van der Waals surface area contributed by atoms with Gasteiger partial charge in [-0.3, -0.25) is 9.69 Å². The van der Waals surface area contributed by atoms with Gasteiger partial charge in [-0.2, -0.15) is 0 Å². The lowest BCUT2D eigenvalue weighted by Crippen LogP contribution is -2.47. The second-order valence-electron chi connectivity index (χ2n) is 5.66. The van der Waals surface area contributed by atoms with E-state index in [4.69, 9.17) is 27.9 Å². The van der Waals surface area contributed by atoms with Gasteiger partial charge in [-0.15, -0.1) is 11.3 Å².